The van der Waals surface area contributed by atoms with Crippen LogP contribution in [0.1, 0.15) is 51.0 Å². The number of carboxylic acid groups (broad SMARTS) is 2. The molecule has 0 amide bonds. The summed E-state index contributed by atoms with van der Waals surface area (Å²) in [7, 11) is 1.70. The minimum atomic E-state index is -1.82. The molecule has 0 aliphatic heterocycles. The lowest BCUT2D eigenvalue weighted by Crippen LogP contribution is -2.58. The van der Waals surface area contributed by atoms with Crippen LogP contribution in [-0.4, -0.2) is 41.4 Å². The molecule has 7 heteroatoms. The molecule has 4 bridgehead atoms. The Bertz CT molecular complexity index is 700. The largest absolute Gasteiger partial charge is 0.493 e. The van der Waals surface area contributed by atoms with Crippen LogP contribution in [0.25, 0.3) is 0 Å². The topological polar surface area (TPSA) is 105 Å². The van der Waals surface area contributed by atoms with E-state index in [-0.39, 0.29) is 0 Å². The third kappa shape index (κ3) is 5.21. The lowest BCUT2D eigenvalue weighted by atomic mass is 9.53. The maximum absolute atomic E-state index is 9.10. The highest BCUT2D eigenvalue weighted by atomic mass is 16.5. The number of rotatable bonds is 6. The summed E-state index contributed by atoms with van der Waals surface area (Å²) < 4.78 is 11.1. The Hall–Kier alpha value is -2.28. The monoisotopic (exact) mass is 405 g/mol. The SMILES string of the molecule is CCOc1cc(CNC23CC4CC(CC(C4)C2)C3)ccc1OC.O=C(O)C(=O)O. The predicted molar refractivity (Wildman–Crippen MR) is 107 cm³/mol. The van der Waals surface area contributed by atoms with Crippen LogP contribution in [0.2, 0.25) is 0 Å². The van der Waals surface area contributed by atoms with Crippen molar-refractivity contribution >= 4 is 11.9 Å². The molecule has 7 nitrogen and oxygen atoms in total. The zero-order valence-corrected chi connectivity index (χ0v) is 17.1. The summed E-state index contributed by atoms with van der Waals surface area (Å²) in [4.78, 5) is 18.2. The Morgan fingerprint density at radius 3 is 2.03 bits per heavy atom. The van der Waals surface area contributed by atoms with Crippen molar-refractivity contribution in [2.24, 2.45) is 17.8 Å². The van der Waals surface area contributed by atoms with Crippen LogP contribution in [-0.2, 0) is 16.1 Å². The first kappa shape index (κ1) is 21.4. The predicted octanol–water partition coefficient (Wildman–Crippen LogP) is 3.31. The zero-order valence-electron chi connectivity index (χ0n) is 17.1. The van der Waals surface area contributed by atoms with Crippen LogP contribution in [0.5, 0.6) is 11.5 Å². The number of carboxylic acids is 2. The molecule has 0 radical (unpaired) electrons. The third-order valence-corrected chi connectivity index (χ3v) is 6.42. The molecular weight excluding hydrogens is 374 g/mol. The summed E-state index contributed by atoms with van der Waals surface area (Å²) in [6.45, 7) is 3.62. The van der Waals surface area contributed by atoms with E-state index in [0.717, 1.165) is 35.8 Å². The molecule has 0 aromatic heterocycles. The van der Waals surface area contributed by atoms with E-state index in [1.165, 1.54) is 44.1 Å². The molecule has 3 N–H and O–H groups in total. The number of nitrogens with one attached hydrogen (secondary N) is 1. The summed E-state index contributed by atoms with van der Waals surface area (Å²) in [6, 6.07) is 6.33. The average Bonchev–Trinajstić information content (AvgIpc) is 2.66. The highest BCUT2D eigenvalue weighted by Crippen LogP contribution is 2.55. The number of methoxy groups -OCH3 is 1. The van der Waals surface area contributed by atoms with Gasteiger partial charge in [0.25, 0.3) is 0 Å². The fourth-order valence-electron chi connectivity index (χ4n) is 5.72. The molecule has 4 fully saturated rings. The minimum absolute atomic E-state index is 0.417. The van der Waals surface area contributed by atoms with Gasteiger partial charge in [-0.2, -0.15) is 0 Å². The van der Waals surface area contributed by atoms with Gasteiger partial charge in [0, 0.05) is 12.1 Å². The van der Waals surface area contributed by atoms with E-state index in [1.54, 1.807) is 7.11 Å². The van der Waals surface area contributed by atoms with Gasteiger partial charge in [-0.15, -0.1) is 0 Å². The lowest BCUT2D eigenvalue weighted by molar-refractivity contribution is -0.159. The van der Waals surface area contributed by atoms with Gasteiger partial charge >= 0.3 is 11.9 Å². The van der Waals surface area contributed by atoms with Gasteiger partial charge in [-0.05, 0) is 80.9 Å². The van der Waals surface area contributed by atoms with Gasteiger partial charge < -0.3 is 25.0 Å². The van der Waals surface area contributed by atoms with Crippen molar-refractivity contribution in [3.63, 3.8) is 0 Å². The number of hydrogen-bond acceptors (Lipinski definition) is 5. The van der Waals surface area contributed by atoms with Crippen molar-refractivity contribution < 1.29 is 29.3 Å². The Kier molecular flexibility index (Phi) is 6.67. The first-order valence-electron chi connectivity index (χ1n) is 10.3. The second kappa shape index (κ2) is 9.03. The fourth-order valence-corrected chi connectivity index (χ4v) is 5.72. The van der Waals surface area contributed by atoms with Crippen molar-refractivity contribution in [2.75, 3.05) is 13.7 Å². The van der Waals surface area contributed by atoms with E-state index >= 15 is 0 Å². The maximum Gasteiger partial charge on any atom is 0.414 e. The van der Waals surface area contributed by atoms with Crippen LogP contribution in [0.4, 0.5) is 0 Å². The molecule has 29 heavy (non-hydrogen) atoms. The molecule has 4 aliphatic rings. The number of ether oxygens (including phenoxy) is 2. The average molecular weight is 405 g/mol. The first-order valence-corrected chi connectivity index (χ1v) is 10.3. The van der Waals surface area contributed by atoms with E-state index in [1.807, 2.05) is 13.0 Å². The number of hydrogen-bond donors (Lipinski definition) is 3. The van der Waals surface area contributed by atoms with Crippen LogP contribution >= 0.6 is 0 Å². The normalized spacial score (nSPS) is 29.0. The molecular formula is C22H31NO6. The van der Waals surface area contributed by atoms with E-state index in [0.29, 0.717) is 12.1 Å². The number of benzene rings is 1. The maximum atomic E-state index is 9.10. The summed E-state index contributed by atoms with van der Waals surface area (Å²) in [6.07, 6.45) is 8.68. The van der Waals surface area contributed by atoms with Crippen LogP contribution in [0.3, 0.4) is 0 Å². The van der Waals surface area contributed by atoms with Crippen LogP contribution in [0, 0.1) is 17.8 Å². The zero-order chi connectivity index (χ0) is 21.0. The highest BCUT2D eigenvalue weighted by molar-refractivity contribution is 6.27. The van der Waals surface area contributed by atoms with E-state index in [9.17, 15) is 0 Å². The van der Waals surface area contributed by atoms with Gasteiger partial charge in [-0.25, -0.2) is 9.59 Å². The third-order valence-electron chi connectivity index (χ3n) is 6.42. The van der Waals surface area contributed by atoms with Crippen molar-refractivity contribution in [1.29, 1.82) is 0 Å². The molecule has 1 aromatic carbocycles. The van der Waals surface area contributed by atoms with Crippen LogP contribution < -0.4 is 14.8 Å². The second-order valence-corrected chi connectivity index (χ2v) is 8.58. The second-order valence-electron chi connectivity index (χ2n) is 8.58. The van der Waals surface area contributed by atoms with Crippen LogP contribution in [0.15, 0.2) is 18.2 Å². The Labute approximate surface area is 171 Å². The first-order chi connectivity index (χ1) is 13.8. The Balaban J connectivity index is 0.000000353. The molecule has 0 atom stereocenters. The van der Waals surface area contributed by atoms with Gasteiger partial charge in [0.2, 0.25) is 0 Å². The molecule has 0 spiro atoms. The fraction of sp³-hybridized carbons (Fsp3) is 0.636. The number of carbonyl (C=O) groups is 2. The smallest absolute Gasteiger partial charge is 0.414 e. The Morgan fingerprint density at radius 2 is 1.59 bits per heavy atom. The van der Waals surface area contributed by atoms with Gasteiger partial charge in [-0.3, -0.25) is 0 Å². The highest BCUT2D eigenvalue weighted by Gasteiger charge is 2.50. The molecule has 4 saturated carbocycles. The summed E-state index contributed by atoms with van der Waals surface area (Å²) in [5, 5.41) is 18.7. The Morgan fingerprint density at radius 1 is 1.03 bits per heavy atom. The molecule has 0 unspecified atom stereocenters. The summed E-state index contributed by atoms with van der Waals surface area (Å²) >= 11 is 0. The van der Waals surface area contributed by atoms with Gasteiger partial charge in [0.05, 0.1) is 13.7 Å². The summed E-state index contributed by atoms with van der Waals surface area (Å²) in [5.41, 5.74) is 1.71. The van der Waals surface area contributed by atoms with E-state index < -0.39 is 11.9 Å². The lowest BCUT2D eigenvalue weighted by Gasteiger charge is -2.57. The molecule has 5 rings (SSSR count). The van der Waals surface area contributed by atoms with Crippen molar-refractivity contribution in [3.8, 4) is 11.5 Å². The van der Waals surface area contributed by atoms with Gasteiger partial charge in [0.15, 0.2) is 11.5 Å². The van der Waals surface area contributed by atoms with Gasteiger partial charge in [-0.1, -0.05) is 6.07 Å². The van der Waals surface area contributed by atoms with Crippen molar-refractivity contribution in [2.45, 2.75) is 57.5 Å². The minimum Gasteiger partial charge on any atom is -0.493 e. The number of aliphatic carboxylic acids is 2. The molecule has 0 saturated heterocycles. The molecule has 160 valence electrons. The van der Waals surface area contributed by atoms with Crippen molar-refractivity contribution in [3.05, 3.63) is 23.8 Å². The molecule has 0 heterocycles. The standard InChI is InChI=1S/C20H29NO2.C2H2O4/c1-3-23-19-9-14(4-5-18(19)22-2)13-21-20-10-15-6-16(11-20)8-17(7-15)12-20;3-1(4)2(5)6/h4-5,9,15-17,21H,3,6-8,10-13H2,1-2H3;(H,3,4)(H,5,6). The molecule has 1 aromatic rings. The van der Waals surface area contributed by atoms with E-state index in [4.69, 9.17) is 29.3 Å². The quantitative estimate of drug-likeness (QED) is 0.624. The van der Waals surface area contributed by atoms with E-state index in [2.05, 4.69) is 17.4 Å². The van der Waals surface area contributed by atoms with Crippen molar-refractivity contribution in [1.82, 2.24) is 5.32 Å². The summed E-state index contributed by atoms with van der Waals surface area (Å²) in [5.74, 6) is 1.01. The van der Waals surface area contributed by atoms with Gasteiger partial charge in [0.1, 0.15) is 0 Å². The molecule has 4 aliphatic carbocycles.